The molecule has 0 spiro atoms. The Kier molecular flexibility index (Phi) is 6.77. The first-order chi connectivity index (χ1) is 12.8. The number of hydrogen-bond donors (Lipinski definition) is 3. The molecule has 0 aromatic heterocycles. The van der Waals surface area contributed by atoms with Gasteiger partial charge in [0.05, 0.1) is 16.6 Å². The Morgan fingerprint density at radius 2 is 2.04 bits per heavy atom. The van der Waals surface area contributed by atoms with Gasteiger partial charge in [0, 0.05) is 6.54 Å². The van der Waals surface area contributed by atoms with Crippen LogP contribution < -0.4 is 20.5 Å². The molecule has 148 valence electrons. The van der Waals surface area contributed by atoms with Crippen molar-refractivity contribution in [2.24, 2.45) is 5.73 Å². The van der Waals surface area contributed by atoms with Crippen LogP contribution in [0.25, 0.3) is 0 Å². The van der Waals surface area contributed by atoms with E-state index in [1.807, 2.05) is 0 Å². The third-order valence-electron chi connectivity index (χ3n) is 3.97. The third kappa shape index (κ3) is 5.45. The highest BCUT2D eigenvalue weighted by molar-refractivity contribution is 5.73. The number of amides is 1. The van der Waals surface area contributed by atoms with Crippen molar-refractivity contribution in [1.82, 2.24) is 5.32 Å². The van der Waals surface area contributed by atoms with E-state index in [4.69, 9.17) is 25.1 Å². The number of rotatable bonds is 9. The SMILES string of the molecule is CC(OC(=O)NCCCC[C@H](N)C(=O)O)c1cc2c(cc1[N+](=O)[O-])OCO2. The van der Waals surface area contributed by atoms with Gasteiger partial charge < -0.3 is 30.4 Å². The smallest absolute Gasteiger partial charge is 0.407 e. The van der Waals surface area contributed by atoms with E-state index in [0.717, 1.165) is 0 Å². The highest BCUT2D eigenvalue weighted by Gasteiger charge is 2.28. The van der Waals surface area contributed by atoms with Crippen LogP contribution in [-0.2, 0) is 9.53 Å². The summed E-state index contributed by atoms with van der Waals surface area (Å²) >= 11 is 0. The lowest BCUT2D eigenvalue weighted by Crippen LogP contribution is -2.30. The molecule has 1 unspecified atom stereocenters. The molecule has 1 aromatic carbocycles. The molecule has 0 saturated heterocycles. The predicted molar refractivity (Wildman–Crippen MR) is 91.6 cm³/mol. The molecule has 0 radical (unpaired) electrons. The number of benzene rings is 1. The predicted octanol–water partition coefficient (Wildman–Crippen LogP) is 1.69. The highest BCUT2D eigenvalue weighted by Crippen LogP contribution is 2.40. The molecule has 1 aliphatic heterocycles. The molecule has 2 atom stereocenters. The van der Waals surface area contributed by atoms with Gasteiger partial charge >= 0.3 is 12.1 Å². The normalized spacial score (nSPS) is 14.3. The van der Waals surface area contributed by atoms with Crippen LogP contribution in [0.15, 0.2) is 12.1 Å². The number of nitrogens with zero attached hydrogens (tertiary/aromatic N) is 1. The lowest BCUT2D eigenvalue weighted by atomic mass is 10.1. The van der Waals surface area contributed by atoms with Gasteiger partial charge in [0.2, 0.25) is 6.79 Å². The van der Waals surface area contributed by atoms with Gasteiger partial charge in [-0.1, -0.05) is 0 Å². The fourth-order valence-electron chi connectivity index (χ4n) is 2.50. The minimum Gasteiger partial charge on any atom is -0.480 e. The fourth-order valence-corrected chi connectivity index (χ4v) is 2.50. The number of carboxylic acids is 1. The molecule has 0 aliphatic carbocycles. The fraction of sp³-hybridized carbons (Fsp3) is 0.500. The molecule has 1 heterocycles. The molecule has 27 heavy (non-hydrogen) atoms. The molecule has 0 fully saturated rings. The van der Waals surface area contributed by atoms with E-state index >= 15 is 0 Å². The maximum absolute atomic E-state index is 11.9. The average Bonchev–Trinajstić information content (AvgIpc) is 3.07. The van der Waals surface area contributed by atoms with Crippen LogP contribution in [0.2, 0.25) is 0 Å². The van der Waals surface area contributed by atoms with Crippen LogP contribution in [0.1, 0.15) is 37.9 Å². The molecule has 0 bridgehead atoms. The highest BCUT2D eigenvalue weighted by atomic mass is 16.7. The summed E-state index contributed by atoms with van der Waals surface area (Å²) in [5.41, 5.74) is 5.33. The number of nitro groups is 1. The summed E-state index contributed by atoms with van der Waals surface area (Å²) in [5.74, 6) is -0.454. The van der Waals surface area contributed by atoms with Crippen LogP contribution in [0.4, 0.5) is 10.5 Å². The summed E-state index contributed by atoms with van der Waals surface area (Å²) in [4.78, 5) is 33.1. The van der Waals surface area contributed by atoms with Crippen molar-refractivity contribution in [3.8, 4) is 11.5 Å². The molecular formula is C16H21N3O8. The van der Waals surface area contributed by atoms with Crippen molar-refractivity contribution >= 4 is 17.7 Å². The number of carboxylic acid groups (broad SMARTS) is 1. The number of hydrogen-bond acceptors (Lipinski definition) is 8. The third-order valence-corrected chi connectivity index (χ3v) is 3.97. The van der Waals surface area contributed by atoms with Gasteiger partial charge in [0.1, 0.15) is 12.1 Å². The van der Waals surface area contributed by atoms with E-state index in [9.17, 15) is 19.7 Å². The van der Waals surface area contributed by atoms with E-state index in [1.54, 1.807) is 0 Å². The second-order valence-electron chi connectivity index (χ2n) is 5.94. The number of nitro benzene ring substituents is 1. The number of nitrogens with one attached hydrogen (secondary N) is 1. The Morgan fingerprint density at radius 1 is 1.37 bits per heavy atom. The molecule has 1 amide bonds. The Hall–Kier alpha value is -3.08. The zero-order valence-corrected chi connectivity index (χ0v) is 14.7. The van der Waals surface area contributed by atoms with E-state index in [1.165, 1.54) is 19.1 Å². The van der Waals surface area contributed by atoms with Gasteiger partial charge in [-0.05, 0) is 32.3 Å². The Balaban J connectivity index is 1.86. The second kappa shape index (κ2) is 9.03. The lowest BCUT2D eigenvalue weighted by molar-refractivity contribution is -0.386. The van der Waals surface area contributed by atoms with Crippen LogP contribution in [0, 0.1) is 10.1 Å². The molecule has 1 aliphatic rings. The van der Waals surface area contributed by atoms with Crippen molar-refractivity contribution in [3.05, 3.63) is 27.8 Å². The first-order valence-electron chi connectivity index (χ1n) is 8.30. The van der Waals surface area contributed by atoms with Crippen LogP contribution in [-0.4, -0.2) is 41.5 Å². The van der Waals surface area contributed by atoms with Crippen LogP contribution in [0.3, 0.4) is 0 Å². The van der Waals surface area contributed by atoms with E-state index in [0.29, 0.717) is 25.0 Å². The minimum absolute atomic E-state index is 0.0306. The molecule has 11 nitrogen and oxygen atoms in total. The number of aliphatic carboxylic acids is 1. The largest absolute Gasteiger partial charge is 0.480 e. The van der Waals surface area contributed by atoms with Gasteiger partial charge in [0.15, 0.2) is 11.5 Å². The quantitative estimate of drug-likeness (QED) is 0.327. The molecular weight excluding hydrogens is 362 g/mol. The number of unbranched alkanes of at least 4 members (excludes halogenated alkanes) is 1. The molecule has 0 saturated carbocycles. The summed E-state index contributed by atoms with van der Waals surface area (Å²) in [7, 11) is 0. The number of carbonyl (C=O) groups excluding carboxylic acids is 1. The number of alkyl carbamates (subject to hydrolysis) is 1. The van der Waals surface area contributed by atoms with Crippen molar-refractivity contribution in [3.63, 3.8) is 0 Å². The van der Waals surface area contributed by atoms with E-state index < -0.39 is 29.1 Å². The maximum Gasteiger partial charge on any atom is 0.407 e. The number of carbonyl (C=O) groups is 2. The number of ether oxygens (including phenoxy) is 3. The first kappa shape index (κ1) is 20.2. The summed E-state index contributed by atoms with van der Waals surface area (Å²) in [5, 5.41) is 22.4. The monoisotopic (exact) mass is 383 g/mol. The number of fused-ring (bicyclic) bond motifs is 1. The summed E-state index contributed by atoms with van der Waals surface area (Å²) in [6.07, 6.45) is -0.283. The lowest BCUT2D eigenvalue weighted by Gasteiger charge is -2.15. The average molecular weight is 383 g/mol. The van der Waals surface area contributed by atoms with Gasteiger partial charge in [-0.2, -0.15) is 0 Å². The van der Waals surface area contributed by atoms with Gasteiger partial charge in [-0.3, -0.25) is 14.9 Å². The molecule has 2 rings (SSSR count). The van der Waals surface area contributed by atoms with Gasteiger partial charge in [-0.15, -0.1) is 0 Å². The van der Waals surface area contributed by atoms with E-state index in [-0.39, 0.29) is 30.3 Å². The Morgan fingerprint density at radius 3 is 2.67 bits per heavy atom. The van der Waals surface area contributed by atoms with Crippen molar-refractivity contribution in [2.75, 3.05) is 13.3 Å². The first-order valence-corrected chi connectivity index (χ1v) is 8.30. The molecule has 1 aromatic rings. The number of nitrogens with two attached hydrogens (primary N) is 1. The summed E-state index contributed by atoms with van der Waals surface area (Å²) < 4.78 is 15.5. The molecule has 11 heteroatoms. The maximum atomic E-state index is 11.9. The minimum atomic E-state index is -1.07. The second-order valence-corrected chi connectivity index (χ2v) is 5.94. The Bertz CT molecular complexity index is 724. The van der Waals surface area contributed by atoms with Crippen LogP contribution in [0.5, 0.6) is 11.5 Å². The summed E-state index contributed by atoms with van der Waals surface area (Å²) in [6, 6.07) is 1.73. The van der Waals surface area contributed by atoms with E-state index in [2.05, 4.69) is 5.32 Å². The van der Waals surface area contributed by atoms with Gasteiger partial charge in [0.25, 0.3) is 5.69 Å². The topological polar surface area (TPSA) is 163 Å². The van der Waals surface area contributed by atoms with Crippen LogP contribution >= 0.6 is 0 Å². The molecule has 4 N–H and O–H groups in total. The Labute approximate surface area is 154 Å². The van der Waals surface area contributed by atoms with Crippen molar-refractivity contribution in [2.45, 2.75) is 38.3 Å². The van der Waals surface area contributed by atoms with Crippen molar-refractivity contribution in [1.29, 1.82) is 0 Å². The standard InChI is InChI=1S/C16H21N3O8/c1-9(27-16(22)18-5-3-2-4-11(17)15(20)21)10-6-13-14(26-8-25-13)7-12(10)19(23)24/h6-7,9,11H,2-5,8,17H2,1H3,(H,18,22)(H,20,21)/t9?,11-/m0/s1. The zero-order chi connectivity index (χ0) is 20.0. The summed E-state index contributed by atoms with van der Waals surface area (Å²) in [6.45, 7) is 1.74. The van der Waals surface area contributed by atoms with Crippen molar-refractivity contribution < 1.29 is 33.8 Å². The zero-order valence-electron chi connectivity index (χ0n) is 14.7. The van der Waals surface area contributed by atoms with Gasteiger partial charge in [-0.25, -0.2) is 4.79 Å².